The van der Waals surface area contributed by atoms with Crippen LogP contribution in [0, 0.1) is 11.6 Å². The van der Waals surface area contributed by atoms with Gasteiger partial charge in [-0.1, -0.05) is 22.9 Å². The van der Waals surface area contributed by atoms with Crippen LogP contribution in [0.25, 0.3) is 0 Å². The van der Waals surface area contributed by atoms with Gasteiger partial charge in [-0.25, -0.2) is 13.1 Å². The van der Waals surface area contributed by atoms with Crippen LogP contribution in [0.2, 0.25) is 0 Å². The van der Waals surface area contributed by atoms with E-state index in [4.69, 9.17) is 4.74 Å². The molecule has 0 saturated carbocycles. The van der Waals surface area contributed by atoms with Gasteiger partial charge >= 0.3 is 0 Å². The van der Waals surface area contributed by atoms with Crippen LogP contribution in [0.15, 0.2) is 42.5 Å². The van der Waals surface area contributed by atoms with Gasteiger partial charge in [0.25, 0.3) is 0 Å². The van der Waals surface area contributed by atoms with E-state index in [1.54, 1.807) is 13.1 Å². The first-order chi connectivity index (χ1) is 11.9. The van der Waals surface area contributed by atoms with Crippen LogP contribution >= 0.6 is 10.8 Å². The van der Waals surface area contributed by atoms with Gasteiger partial charge in [-0.05, 0) is 44.3 Å². The number of nitrogens with one attached hydrogen (secondary N) is 1. The van der Waals surface area contributed by atoms with Gasteiger partial charge in [0.2, 0.25) is 5.44 Å². The fourth-order valence-electron chi connectivity index (χ4n) is 2.77. The molecular formula is C17H20F2N2O3S. The zero-order valence-corrected chi connectivity index (χ0v) is 14.5. The Kier molecular flexibility index (Phi) is 5.14. The molecule has 0 amide bonds. The Morgan fingerprint density at radius 3 is 2.64 bits per heavy atom. The van der Waals surface area contributed by atoms with Crippen molar-refractivity contribution in [3.63, 3.8) is 0 Å². The quantitative estimate of drug-likeness (QED) is 0.677. The summed E-state index contributed by atoms with van der Waals surface area (Å²) in [6.45, 7) is 0.658. The molecule has 5 nitrogen and oxygen atoms in total. The van der Waals surface area contributed by atoms with Gasteiger partial charge in [0, 0.05) is 12.5 Å². The predicted molar refractivity (Wildman–Crippen MR) is 95.4 cm³/mol. The van der Waals surface area contributed by atoms with Crippen molar-refractivity contribution in [1.29, 1.82) is 0 Å². The molecule has 25 heavy (non-hydrogen) atoms. The summed E-state index contributed by atoms with van der Waals surface area (Å²) in [5.41, 5.74) is -0.761. The lowest BCUT2D eigenvalue weighted by Gasteiger charge is -2.51. The first-order valence-electron chi connectivity index (χ1n) is 7.88. The van der Waals surface area contributed by atoms with E-state index >= 15 is 0 Å². The van der Waals surface area contributed by atoms with Gasteiger partial charge in [-0.3, -0.25) is 9.11 Å². The lowest BCUT2D eigenvalue weighted by Crippen LogP contribution is -2.39. The van der Waals surface area contributed by atoms with Crippen molar-refractivity contribution < 1.29 is 22.6 Å². The third-order valence-electron chi connectivity index (χ3n) is 3.96. The molecule has 1 atom stereocenters. The van der Waals surface area contributed by atoms with E-state index in [0.717, 1.165) is 4.31 Å². The minimum atomic E-state index is -3.53. The molecule has 8 heteroatoms. The minimum Gasteiger partial charge on any atom is -0.466 e. The van der Waals surface area contributed by atoms with E-state index in [2.05, 4.69) is 5.32 Å². The Bertz CT molecular complexity index is 760. The summed E-state index contributed by atoms with van der Waals surface area (Å²) in [7, 11) is -1.74. The number of nitrogens with zero attached hydrogens (tertiary/aromatic N) is 1. The molecule has 2 aromatic rings. The van der Waals surface area contributed by atoms with Gasteiger partial charge < -0.3 is 10.1 Å². The summed E-state index contributed by atoms with van der Waals surface area (Å²) in [6, 6.07) is 9.50. The van der Waals surface area contributed by atoms with Crippen molar-refractivity contribution in [1.82, 2.24) is 5.32 Å². The molecule has 0 fully saturated rings. The summed E-state index contributed by atoms with van der Waals surface area (Å²) >= 11 is 0. The maximum absolute atomic E-state index is 14.3. The Balaban J connectivity index is 2.08. The Hall–Kier alpha value is -1.87. The van der Waals surface area contributed by atoms with E-state index in [1.165, 1.54) is 36.4 Å². The van der Waals surface area contributed by atoms with Gasteiger partial charge in [-0.2, -0.15) is 0 Å². The Morgan fingerprint density at radius 2 is 1.92 bits per heavy atom. The fourth-order valence-corrected chi connectivity index (χ4v) is 4.60. The van der Waals surface area contributed by atoms with Crippen LogP contribution in [0.1, 0.15) is 12.8 Å². The predicted octanol–water partition coefficient (Wildman–Crippen LogP) is 4.49. The normalized spacial score (nSPS) is 19.9. The number of anilines is 2. The fraction of sp³-hybridized carbons (Fsp3) is 0.294. The zero-order valence-electron chi connectivity index (χ0n) is 13.7. The van der Waals surface area contributed by atoms with Crippen LogP contribution in [0.3, 0.4) is 0 Å². The molecule has 0 aliphatic carbocycles. The molecule has 0 radical (unpaired) electrons. The van der Waals surface area contributed by atoms with Crippen LogP contribution in [0.4, 0.5) is 20.2 Å². The van der Waals surface area contributed by atoms with Crippen molar-refractivity contribution in [3.05, 3.63) is 54.1 Å². The van der Waals surface area contributed by atoms with Crippen molar-refractivity contribution in [3.8, 4) is 5.75 Å². The topological polar surface area (TPSA) is 65.0 Å². The molecule has 1 aliphatic heterocycles. The van der Waals surface area contributed by atoms with Gasteiger partial charge in [-0.15, -0.1) is 0 Å². The molecule has 0 saturated heterocycles. The monoisotopic (exact) mass is 370 g/mol. The minimum absolute atomic E-state index is 0.0114. The Labute approximate surface area is 146 Å². The van der Waals surface area contributed by atoms with E-state index in [-0.39, 0.29) is 17.1 Å². The first-order valence-corrected chi connectivity index (χ1v) is 9.44. The number of fused-ring (bicyclic) bond motifs is 1. The number of hydrogen-bond acceptors (Lipinski definition) is 5. The second-order valence-electron chi connectivity index (χ2n) is 5.71. The first kappa shape index (κ1) is 17.9. The molecule has 0 unspecified atom stereocenters. The standard InChI is InChI=1S/C17H20F2N2O3S/c1-20-10-4-7-17-24-16-11-12(18)8-9-15(16)21(25(17,22)23)14-6-3-2-5-13(14)19/h2-3,5-6,8-9,11,17,20,22-23H,4,7,10H2,1H3/t17-/m0/s1. The highest BCUT2D eigenvalue weighted by Gasteiger charge is 2.42. The molecule has 3 N–H and O–H groups in total. The van der Waals surface area contributed by atoms with Crippen molar-refractivity contribution in [2.75, 3.05) is 17.9 Å². The average Bonchev–Trinajstić information content (AvgIpc) is 2.57. The molecule has 2 aromatic carbocycles. The van der Waals surface area contributed by atoms with Crippen LogP contribution in [-0.4, -0.2) is 28.1 Å². The highest BCUT2D eigenvalue weighted by Crippen LogP contribution is 2.61. The average molecular weight is 370 g/mol. The molecular weight excluding hydrogens is 350 g/mol. The molecule has 0 spiro atoms. The number of hydrogen-bond donors (Lipinski definition) is 3. The molecule has 0 aromatic heterocycles. The number of para-hydroxylation sites is 1. The second kappa shape index (κ2) is 7.17. The maximum Gasteiger partial charge on any atom is 0.206 e. The highest BCUT2D eigenvalue weighted by atomic mass is 32.3. The van der Waals surface area contributed by atoms with Gasteiger partial charge in [0.05, 0.1) is 5.69 Å². The molecule has 0 bridgehead atoms. The van der Waals surface area contributed by atoms with Crippen molar-refractivity contribution >= 4 is 22.2 Å². The van der Waals surface area contributed by atoms with E-state index in [0.29, 0.717) is 19.4 Å². The maximum atomic E-state index is 14.3. The largest absolute Gasteiger partial charge is 0.466 e. The van der Waals surface area contributed by atoms with Gasteiger partial charge in [0.15, 0.2) is 5.75 Å². The van der Waals surface area contributed by atoms with Crippen molar-refractivity contribution in [2.45, 2.75) is 18.3 Å². The lowest BCUT2D eigenvalue weighted by atomic mass is 10.2. The Morgan fingerprint density at radius 1 is 1.16 bits per heavy atom. The second-order valence-corrected chi connectivity index (χ2v) is 7.73. The highest BCUT2D eigenvalue weighted by molar-refractivity contribution is 8.26. The smallest absolute Gasteiger partial charge is 0.206 e. The molecule has 3 rings (SSSR count). The third kappa shape index (κ3) is 3.43. The van der Waals surface area contributed by atoms with E-state index in [9.17, 15) is 17.9 Å². The third-order valence-corrected chi connectivity index (χ3v) is 5.93. The number of halogens is 2. The summed E-state index contributed by atoms with van der Waals surface area (Å²) in [5, 5.41) is 2.97. The van der Waals surface area contributed by atoms with Crippen LogP contribution < -0.4 is 14.4 Å². The van der Waals surface area contributed by atoms with Crippen LogP contribution in [0.5, 0.6) is 5.75 Å². The summed E-state index contributed by atoms with van der Waals surface area (Å²) < 4.78 is 56.5. The van der Waals surface area contributed by atoms with Crippen molar-refractivity contribution in [2.24, 2.45) is 0 Å². The summed E-state index contributed by atoms with van der Waals surface area (Å²) in [4.78, 5) is 0. The number of benzene rings is 2. The molecule has 136 valence electrons. The van der Waals surface area contributed by atoms with E-state index in [1.807, 2.05) is 0 Å². The van der Waals surface area contributed by atoms with Gasteiger partial charge in [0.1, 0.15) is 17.3 Å². The zero-order chi connectivity index (χ0) is 18.0. The summed E-state index contributed by atoms with van der Waals surface area (Å²) in [5.74, 6) is -0.961. The number of rotatable bonds is 5. The summed E-state index contributed by atoms with van der Waals surface area (Å²) in [6.07, 6.45) is 0.941. The number of ether oxygens (including phenoxy) is 1. The SMILES string of the molecule is CNCCC[C@H]1Oc2cc(F)ccc2N(c2ccccc2F)S1(O)O. The lowest BCUT2D eigenvalue weighted by molar-refractivity contribution is 0.234. The molecule has 1 heterocycles. The molecule has 1 aliphatic rings. The van der Waals surface area contributed by atoms with E-state index < -0.39 is 27.8 Å². The van der Waals surface area contributed by atoms with Crippen LogP contribution in [-0.2, 0) is 0 Å².